The van der Waals surface area contributed by atoms with Crippen LogP contribution >= 0.6 is 0 Å². The maximum atomic E-state index is 6.00. The molecule has 0 bridgehead atoms. The van der Waals surface area contributed by atoms with Crippen LogP contribution in [0.5, 0.6) is 0 Å². The van der Waals surface area contributed by atoms with E-state index in [1.165, 1.54) is 36.9 Å². The van der Waals surface area contributed by atoms with Gasteiger partial charge in [0.25, 0.3) is 0 Å². The minimum atomic E-state index is 0.671. The van der Waals surface area contributed by atoms with E-state index in [2.05, 4.69) is 37.9 Å². The van der Waals surface area contributed by atoms with Crippen molar-refractivity contribution in [3.05, 3.63) is 23.8 Å². The van der Waals surface area contributed by atoms with Crippen molar-refractivity contribution in [2.24, 2.45) is 5.92 Å². The molecular formula is C15H24N2. The molecule has 1 aliphatic carbocycles. The average molecular weight is 232 g/mol. The average Bonchev–Trinajstić information content (AvgIpc) is 2.32. The Morgan fingerprint density at radius 2 is 1.94 bits per heavy atom. The fourth-order valence-corrected chi connectivity index (χ4v) is 3.07. The van der Waals surface area contributed by atoms with Gasteiger partial charge < -0.3 is 10.6 Å². The van der Waals surface area contributed by atoms with Gasteiger partial charge >= 0.3 is 0 Å². The maximum absolute atomic E-state index is 6.00. The molecule has 1 aromatic rings. The molecule has 0 heterocycles. The largest absolute Gasteiger partial charge is 0.398 e. The summed E-state index contributed by atoms with van der Waals surface area (Å²) in [5.41, 5.74) is 9.41. The third kappa shape index (κ3) is 2.41. The molecule has 2 N–H and O–H groups in total. The fourth-order valence-electron chi connectivity index (χ4n) is 3.07. The Bertz CT molecular complexity index is 387. The van der Waals surface area contributed by atoms with E-state index < -0.39 is 0 Å². The molecule has 1 aromatic carbocycles. The molecule has 2 atom stereocenters. The lowest BCUT2D eigenvalue weighted by atomic mass is 9.84. The summed E-state index contributed by atoms with van der Waals surface area (Å²) in [6, 6.07) is 6.90. The molecule has 0 saturated heterocycles. The molecule has 1 aliphatic rings. The lowest BCUT2D eigenvalue weighted by Gasteiger charge is -2.38. The van der Waals surface area contributed by atoms with E-state index in [1.54, 1.807) is 0 Å². The molecule has 0 aromatic heterocycles. The van der Waals surface area contributed by atoms with Crippen LogP contribution in [-0.2, 0) is 0 Å². The molecule has 1 fully saturated rings. The highest BCUT2D eigenvalue weighted by atomic mass is 15.1. The van der Waals surface area contributed by atoms with Crippen molar-refractivity contribution in [1.29, 1.82) is 0 Å². The maximum Gasteiger partial charge on any atom is 0.0416 e. The van der Waals surface area contributed by atoms with Gasteiger partial charge in [0.2, 0.25) is 0 Å². The second kappa shape index (κ2) is 4.99. The van der Waals surface area contributed by atoms with E-state index >= 15 is 0 Å². The summed E-state index contributed by atoms with van der Waals surface area (Å²) in [6.45, 7) is 4.50. The third-order valence-electron chi connectivity index (χ3n) is 4.29. The molecule has 0 amide bonds. The second-order valence-electron chi connectivity index (χ2n) is 5.43. The smallest absolute Gasteiger partial charge is 0.0416 e. The van der Waals surface area contributed by atoms with Crippen LogP contribution < -0.4 is 10.6 Å². The molecule has 0 aliphatic heterocycles. The molecule has 2 nitrogen and oxygen atoms in total. The van der Waals surface area contributed by atoms with Crippen molar-refractivity contribution in [1.82, 2.24) is 0 Å². The first-order valence-electron chi connectivity index (χ1n) is 6.69. The van der Waals surface area contributed by atoms with Crippen LogP contribution in [0.1, 0.15) is 38.2 Å². The zero-order valence-corrected chi connectivity index (χ0v) is 11.2. The molecule has 1 saturated carbocycles. The predicted molar refractivity (Wildman–Crippen MR) is 75.4 cm³/mol. The van der Waals surface area contributed by atoms with Crippen molar-refractivity contribution >= 4 is 11.4 Å². The molecule has 17 heavy (non-hydrogen) atoms. The highest BCUT2D eigenvalue weighted by Crippen LogP contribution is 2.33. The minimum Gasteiger partial charge on any atom is -0.398 e. The first kappa shape index (κ1) is 12.3. The zero-order valence-electron chi connectivity index (χ0n) is 11.2. The summed E-state index contributed by atoms with van der Waals surface area (Å²) in [5.74, 6) is 0.787. The quantitative estimate of drug-likeness (QED) is 0.790. The van der Waals surface area contributed by atoms with E-state index in [0.717, 1.165) is 11.6 Å². The van der Waals surface area contributed by atoms with Gasteiger partial charge in [0, 0.05) is 24.5 Å². The molecule has 2 rings (SSSR count). The van der Waals surface area contributed by atoms with Crippen LogP contribution in [0.15, 0.2) is 18.2 Å². The van der Waals surface area contributed by atoms with Crippen LogP contribution in [0.4, 0.5) is 11.4 Å². The monoisotopic (exact) mass is 232 g/mol. The fraction of sp³-hybridized carbons (Fsp3) is 0.600. The van der Waals surface area contributed by atoms with Crippen LogP contribution in [-0.4, -0.2) is 13.1 Å². The molecule has 2 heteroatoms. The van der Waals surface area contributed by atoms with Gasteiger partial charge in [-0.25, -0.2) is 0 Å². The molecular weight excluding hydrogens is 208 g/mol. The van der Waals surface area contributed by atoms with Gasteiger partial charge in [0.05, 0.1) is 0 Å². The summed E-state index contributed by atoms with van der Waals surface area (Å²) in [6.07, 6.45) is 5.42. The van der Waals surface area contributed by atoms with E-state index in [-0.39, 0.29) is 0 Å². The molecule has 2 unspecified atom stereocenters. The van der Waals surface area contributed by atoms with Gasteiger partial charge in [-0.1, -0.05) is 25.8 Å². The first-order valence-corrected chi connectivity index (χ1v) is 6.69. The number of hydrogen-bond donors (Lipinski definition) is 1. The van der Waals surface area contributed by atoms with Gasteiger partial charge in [-0.15, -0.1) is 0 Å². The SMILES string of the molecule is Cc1c(N)cccc1N(C)C1CCCCC1C. The van der Waals surface area contributed by atoms with Gasteiger partial charge in [0.15, 0.2) is 0 Å². The normalized spacial score (nSPS) is 24.6. The van der Waals surface area contributed by atoms with Gasteiger partial charge in [-0.2, -0.15) is 0 Å². The highest BCUT2D eigenvalue weighted by molar-refractivity contribution is 5.64. The minimum absolute atomic E-state index is 0.671. The number of nitrogens with two attached hydrogens (primary N) is 1. The first-order chi connectivity index (χ1) is 8.11. The Labute approximate surface area is 105 Å². The number of benzene rings is 1. The van der Waals surface area contributed by atoms with Crippen molar-refractivity contribution in [2.75, 3.05) is 17.7 Å². The van der Waals surface area contributed by atoms with Gasteiger partial charge in [0.1, 0.15) is 0 Å². The summed E-state index contributed by atoms with van der Waals surface area (Å²) < 4.78 is 0. The lowest BCUT2D eigenvalue weighted by molar-refractivity contribution is 0.321. The Morgan fingerprint density at radius 1 is 1.24 bits per heavy atom. The van der Waals surface area contributed by atoms with Crippen molar-refractivity contribution in [3.63, 3.8) is 0 Å². The predicted octanol–water partition coefficient (Wildman–Crippen LogP) is 3.59. The Morgan fingerprint density at radius 3 is 2.65 bits per heavy atom. The van der Waals surface area contributed by atoms with E-state index in [4.69, 9.17) is 5.73 Å². The van der Waals surface area contributed by atoms with E-state index in [9.17, 15) is 0 Å². The molecule has 94 valence electrons. The Balaban J connectivity index is 2.23. The number of nitrogen functional groups attached to an aromatic ring is 1. The van der Waals surface area contributed by atoms with Crippen LogP contribution in [0.25, 0.3) is 0 Å². The Hall–Kier alpha value is -1.18. The van der Waals surface area contributed by atoms with E-state index in [1.807, 2.05) is 6.07 Å². The summed E-state index contributed by atoms with van der Waals surface area (Å²) in [4.78, 5) is 2.44. The van der Waals surface area contributed by atoms with Gasteiger partial charge in [-0.05, 0) is 43.4 Å². The summed E-state index contributed by atoms with van der Waals surface area (Å²) >= 11 is 0. The highest BCUT2D eigenvalue weighted by Gasteiger charge is 2.25. The van der Waals surface area contributed by atoms with Crippen molar-refractivity contribution in [2.45, 2.75) is 45.6 Å². The second-order valence-corrected chi connectivity index (χ2v) is 5.43. The lowest BCUT2D eigenvalue weighted by Crippen LogP contribution is -2.39. The number of anilines is 2. The van der Waals surface area contributed by atoms with Crippen molar-refractivity contribution in [3.8, 4) is 0 Å². The topological polar surface area (TPSA) is 29.3 Å². The number of nitrogens with zero attached hydrogens (tertiary/aromatic N) is 1. The third-order valence-corrected chi connectivity index (χ3v) is 4.29. The molecule has 0 radical (unpaired) electrons. The van der Waals surface area contributed by atoms with Crippen LogP contribution in [0.3, 0.4) is 0 Å². The van der Waals surface area contributed by atoms with E-state index in [0.29, 0.717) is 6.04 Å². The number of hydrogen-bond acceptors (Lipinski definition) is 2. The number of rotatable bonds is 2. The van der Waals surface area contributed by atoms with Crippen LogP contribution in [0, 0.1) is 12.8 Å². The Kier molecular flexibility index (Phi) is 3.60. The summed E-state index contributed by atoms with van der Waals surface area (Å²) in [7, 11) is 2.22. The zero-order chi connectivity index (χ0) is 12.4. The standard InChI is InChI=1S/C15H24N2/c1-11-7-4-5-9-14(11)17(3)15-10-6-8-13(16)12(15)2/h6,8,10-11,14H,4-5,7,9,16H2,1-3H3. The van der Waals surface area contributed by atoms with Gasteiger partial charge in [-0.3, -0.25) is 0 Å². The molecule has 0 spiro atoms. The van der Waals surface area contributed by atoms with Crippen LogP contribution in [0.2, 0.25) is 0 Å². The summed E-state index contributed by atoms with van der Waals surface area (Å²) in [5, 5.41) is 0. The van der Waals surface area contributed by atoms with Crippen molar-refractivity contribution < 1.29 is 0 Å².